The maximum atomic E-state index is 12.5. The molecule has 0 amide bonds. The number of hydrogen-bond donors (Lipinski definition) is 0. The molecule has 0 fully saturated rings. The largest absolute Gasteiger partial charge is 0.422 e. The summed E-state index contributed by atoms with van der Waals surface area (Å²) in [5.41, 5.74) is 2.31. The minimum atomic E-state index is -0.374. The summed E-state index contributed by atoms with van der Waals surface area (Å²) >= 11 is 5.15. The van der Waals surface area contributed by atoms with Gasteiger partial charge < -0.3 is 4.42 Å². The first-order valence-electron chi connectivity index (χ1n) is 8.67. The van der Waals surface area contributed by atoms with Crippen molar-refractivity contribution < 1.29 is 4.42 Å². The third kappa shape index (κ3) is 3.73. The van der Waals surface area contributed by atoms with Crippen LogP contribution in [0.25, 0.3) is 27.9 Å². The average molecular weight is 441 g/mol. The van der Waals surface area contributed by atoms with Crippen molar-refractivity contribution in [2.24, 2.45) is 0 Å². The van der Waals surface area contributed by atoms with Crippen LogP contribution in [0.4, 0.5) is 0 Å². The van der Waals surface area contributed by atoms with Crippen LogP contribution >= 0.6 is 27.7 Å². The molecular formula is C21H17BrN2O2S. The fourth-order valence-electron chi connectivity index (χ4n) is 2.82. The highest BCUT2D eigenvalue weighted by atomic mass is 79.9. The minimum Gasteiger partial charge on any atom is -0.422 e. The third-order valence-corrected chi connectivity index (χ3v) is 5.82. The second-order valence-electron chi connectivity index (χ2n) is 6.09. The molecule has 0 spiro atoms. The van der Waals surface area contributed by atoms with Gasteiger partial charge in [-0.15, -0.1) is 0 Å². The Morgan fingerprint density at radius 3 is 2.70 bits per heavy atom. The number of thioether (sulfide) groups is 1. The van der Waals surface area contributed by atoms with Gasteiger partial charge in [0.2, 0.25) is 0 Å². The Morgan fingerprint density at radius 2 is 1.93 bits per heavy atom. The van der Waals surface area contributed by atoms with Crippen molar-refractivity contribution >= 4 is 38.7 Å². The number of para-hydroxylation sites is 1. The van der Waals surface area contributed by atoms with Gasteiger partial charge in [0.25, 0.3) is 0 Å². The Hall–Kier alpha value is -2.31. The van der Waals surface area contributed by atoms with Crippen molar-refractivity contribution in [3.05, 3.63) is 75.7 Å². The standard InChI is InChI=1S/C21H17BrN2O2S/c1-2-11-27-21-23-18(13-24(21)16-9-7-15(22)8-10-16)17-12-14-5-3-4-6-19(14)26-20(17)25/h3-10,12-13H,2,11H2,1H3. The lowest BCUT2D eigenvalue weighted by Gasteiger charge is -2.06. The quantitative estimate of drug-likeness (QED) is 0.285. The zero-order valence-electron chi connectivity index (χ0n) is 14.7. The van der Waals surface area contributed by atoms with Crippen LogP contribution in [0.1, 0.15) is 13.3 Å². The van der Waals surface area contributed by atoms with Gasteiger partial charge in [0.1, 0.15) is 5.58 Å². The monoisotopic (exact) mass is 440 g/mol. The molecule has 0 saturated carbocycles. The van der Waals surface area contributed by atoms with Crippen LogP contribution in [0.3, 0.4) is 0 Å². The zero-order valence-corrected chi connectivity index (χ0v) is 17.1. The SMILES string of the molecule is CCCSc1nc(-c2cc3ccccc3oc2=O)cn1-c1ccc(Br)cc1. The molecule has 0 aliphatic carbocycles. The van der Waals surface area contributed by atoms with Crippen LogP contribution < -0.4 is 5.63 Å². The van der Waals surface area contributed by atoms with E-state index in [2.05, 4.69) is 22.9 Å². The van der Waals surface area contributed by atoms with Gasteiger partial charge in [-0.1, -0.05) is 52.8 Å². The molecule has 4 rings (SSSR count). The highest BCUT2D eigenvalue weighted by Crippen LogP contribution is 2.28. The van der Waals surface area contributed by atoms with Crippen molar-refractivity contribution in [1.29, 1.82) is 0 Å². The summed E-state index contributed by atoms with van der Waals surface area (Å²) in [7, 11) is 0. The van der Waals surface area contributed by atoms with Gasteiger partial charge in [-0.05, 0) is 42.8 Å². The molecule has 136 valence electrons. The third-order valence-electron chi connectivity index (χ3n) is 4.13. The van der Waals surface area contributed by atoms with Gasteiger partial charge in [-0.2, -0.15) is 0 Å². The molecule has 0 bridgehead atoms. The Balaban J connectivity index is 1.85. The van der Waals surface area contributed by atoms with Crippen molar-refractivity contribution in [2.75, 3.05) is 5.75 Å². The summed E-state index contributed by atoms with van der Waals surface area (Å²) in [6, 6.07) is 17.4. The van der Waals surface area contributed by atoms with E-state index in [0.29, 0.717) is 16.8 Å². The number of aromatic nitrogens is 2. The molecule has 2 heterocycles. The van der Waals surface area contributed by atoms with Crippen LogP contribution in [0.5, 0.6) is 0 Å². The zero-order chi connectivity index (χ0) is 18.8. The fourth-order valence-corrected chi connectivity index (χ4v) is 3.93. The summed E-state index contributed by atoms with van der Waals surface area (Å²) in [6.07, 6.45) is 2.95. The van der Waals surface area contributed by atoms with Gasteiger partial charge in [-0.25, -0.2) is 9.78 Å². The number of rotatable bonds is 5. The Kier molecular flexibility index (Phi) is 5.18. The van der Waals surface area contributed by atoms with Crippen LogP contribution in [-0.2, 0) is 0 Å². The van der Waals surface area contributed by atoms with Crippen LogP contribution in [0, 0.1) is 0 Å². The molecule has 0 unspecified atom stereocenters. The van der Waals surface area contributed by atoms with E-state index in [0.717, 1.165) is 32.9 Å². The molecule has 0 aliphatic heterocycles. The number of benzene rings is 2. The van der Waals surface area contributed by atoms with Crippen molar-refractivity contribution in [1.82, 2.24) is 9.55 Å². The molecule has 0 N–H and O–H groups in total. The number of hydrogen-bond acceptors (Lipinski definition) is 4. The van der Waals surface area contributed by atoms with Gasteiger partial charge in [-0.3, -0.25) is 4.57 Å². The molecule has 4 aromatic rings. The van der Waals surface area contributed by atoms with E-state index < -0.39 is 0 Å². The second kappa shape index (κ2) is 7.74. The van der Waals surface area contributed by atoms with Gasteiger partial charge in [0, 0.05) is 27.5 Å². The van der Waals surface area contributed by atoms with Crippen LogP contribution in [0.2, 0.25) is 0 Å². The molecule has 0 radical (unpaired) electrons. The van der Waals surface area contributed by atoms with Crippen molar-refractivity contribution in [3.8, 4) is 16.9 Å². The van der Waals surface area contributed by atoms with Crippen LogP contribution in [-0.4, -0.2) is 15.3 Å². The Morgan fingerprint density at radius 1 is 1.15 bits per heavy atom. The number of nitrogens with zero attached hydrogens (tertiary/aromatic N) is 2. The summed E-state index contributed by atoms with van der Waals surface area (Å²) in [4.78, 5) is 17.3. The predicted molar refractivity (Wildman–Crippen MR) is 114 cm³/mol. The molecule has 27 heavy (non-hydrogen) atoms. The molecule has 0 saturated heterocycles. The summed E-state index contributed by atoms with van der Waals surface area (Å²) in [6.45, 7) is 2.14. The fraction of sp³-hybridized carbons (Fsp3) is 0.143. The first-order valence-corrected chi connectivity index (χ1v) is 10.4. The molecule has 6 heteroatoms. The normalized spacial score (nSPS) is 11.2. The van der Waals surface area contributed by atoms with Gasteiger partial charge >= 0.3 is 5.63 Å². The van der Waals surface area contributed by atoms with E-state index in [1.54, 1.807) is 17.8 Å². The van der Waals surface area contributed by atoms with Crippen LogP contribution in [0.15, 0.2) is 79.6 Å². The molecule has 2 aromatic carbocycles. The predicted octanol–water partition coefficient (Wildman–Crippen LogP) is 5.91. The second-order valence-corrected chi connectivity index (χ2v) is 8.07. The molecule has 4 nitrogen and oxygen atoms in total. The number of fused-ring (bicyclic) bond motifs is 1. The van der Waals surface area contributed by atoms with E-state index in [9.17, 15) is 4.79 Å². The highest BCUT2D eigenvalue weighted by molar-refractivity contribution is 9.10. The first kappa shape index (κ1) is 18.1. The topological polar surface area (TPSA) is 48.0 Å². The lowest BCUT2D eigenvalue weighted by atomic mass is 10.1. The van der Waals surface area contributed by atoms with Crippen molar-refractivity contribution in [2.45, 2.75) is 18.5 Å². The van der Waals surface area contributed by atoms with E-state index in [1.807, 2.05) is 59.3 Å². The maximum Gasteiger partial charge on any atom is 0.345 e. The summed E-state index contributed by atoms with van der Waals surface area (Å²) in [5.74, 6) is 0.958. The molecule has 0 aliphatic rings. The maximum absolute atomic E-state index is 12.5. The lowest BCUT2D eigenvalue weighted by Crippen LogP contribution is -2.02. The summed E-state index contributed by atoms with van der Waals surface area (Å²) in [5, 5.41) is 1.75. The Bertz CT molecular complexity index is 1150. The minimum absolute atomic E-state index is 0.374. The smallest absolute Gasteiger partial charge is 0.345 e. The number of halogens is 1. The first-order chi connectivity index (χ1) is 13.2. The van der Waals surface area contributed by atoms with Crippen molar-refractivity contribution in [3.63, 3.8) is 0 Å². The van der Waals surface area contributed by atoms with Gasteiger partial charge in [0.05, 0.1) is 11.3 Å². The van der Waals surface area contributed by atoms with E-state index >= 15 is 0 Å². The van der Waals surface area contributed by atoms with E-state index in [4.69, 9.17) is 9.40 Å². The van der Waals surface area contributed by atoms with E-state index in [-0.39, 0.29) is 5.63 Å². The molecule has 0 atom stereocenters. The highest BCUT2D eigenvalue weighted by Gasteiger charge is 2.15. The molecular weight excluding hydrogens is 424 g/mol. The van der Waals surface area contributed by atoms with Gasteiger partial charge in [0.15, 0.2) is 5.16 Å². The number of imidazole rings is 1. The Labute approximate surface area is 169 Å². The van der Waals surface area contributed by atoms with E-state index in [1.165, 1.54) is 0 Å². The summed E-state index contributed by atoms with van der Waals surface area (Å²) < 4.78 is 8.52. The lowest BCUT2D eigenvalue weighted by molar-refractivity contribution is 0.563. The average Bonchev–Trinajstić information content (AvgIpc) is 3.10. The molecule has 2 aromatic heterocycles.